The number of nitrogens with one attached hydrogen (secondary N) is 2. The summed E-state index contributed by atoms with van der Waals surface area (Å²) in [6, 6.07) is 0.0558. The third-order valence-electron chi connectivity index (χ3n) is 5.16. The lowest BCUT2D eigenvalue weighted by Crippen LogP contribution is -2.43. The summed E-state index contributed by atoms with van der Waals surface area (Å²) in [5.41, 5.74) is 3.90. The molecule has 1 aliphatic heterocycles. The summed E-state index contributed by atoms with van der Waals surface area (Å²) in [7, 11) is 3.79. The summed E-state index contributed by atoms with van der Waals surface area (Å²) in [6.45, 7) is 1.54. The third kappa shape index (κ3) is 3.08. The Kier molecular flexibility index (Phi) is 4.42. The number of rotatable bonds is 5. The molecule has 0 radical (unpaired) electrons. The molecular weight excluding hydrogens is 330 g/mol. The summed E-state index contributed by atoms with van der Waals surface area (Å²) in [4.78, 5) is 25.9. The Bertz CT molecular complexity index is 915. The summed E-state index contributed by atoms with van der Waals surface area (Å²) >= 11 is 0. The zero-order valence-corrected chi connectivity index (χ0v) is 15.0. The van der Waals surface area contributed by atoms with Crippen LogP contribution in [0.25, 0.3) is 11.2 Å². The van der Waals surface area contributed by atoms with E-state index in [2.05, 4.69) is 25.4 Å². The molecule has 136 valence electrons. The second kappa shape index (κ2) is 6.87. The van der Waals surface area contributed by atoms with E-state index in [-0.39, 0.29) is 11.9 Å². The van der Waals surface area contributed by atoms with Gasteiger partial charge >= 0.3 is 0 Å². The molecule has 1 amide bonds. The molecule has 4 heterocycles. The summed E-state index contributed by atoms with van der Waals surface area (Å²) in [5.74, 6) is 0.542. The molecule has 1 fully saturated rings. The van der Waals surface area contributed by atoms with Crippen LogP contribution in [0.3, 0.4) is 0 Å². The van der Waals surface area contributed by atoms with Gasteiger partial charge in [0.2, 0.25) is 5.91 Å². The second-order valence-electron chi connectivity index (χ2n) is 6.89. The third-order valence-corrected chi connectivity index (χ3v) is 5.16. The van der Waals surface area contributed by atoms with Gasteiger partial charge in [-0.05, 0) is 12.3 Å². The smallest absolute Gasteiger partial charge is 0.222 e. The van der Waals surface area contributed by atoms with Crippen LogP contribution in [-0.2, 0) is 18.4 Å². The van der Waals surface area contributed by atoms with Gasteiger partial charge in [0.05, 0.1) is 12.2 Å². The number of aromatic amines is 1. The van der Waals surface area contributed by atoms with Crippen LogP contribution in [0, 0.1) is 5.92 Å². The highest BCUT2D eigenvalue weighted by Crippen LogP contribution is 2.35. The van der Waals surface area contributed by atoms with Gasteiger partial charge < -0.3 is 15.2 Å². The predicted octanol–water partition coefficient (Wildman–Crippen LogP) is 1.39. The number of H-pyrrole nitrogens is 1. The highest BCUT2D eigenvalue weighted by molar-refractivity contribution is 5.77. The SMILES string of the molecule is CN1C(=O)CC[C@H](CNCc2c[nH]c3nccnc23)[C@H]1c1cnn(C)c1. The van der Waals surface area contributed by atoms with Gasteiger partial charge in [0.15, 0.2) is 5.65 Å². The molecule has 3 aromatic heterocycles. The Balaban J connectivity index is 1.46. The molecule has 0 aliphatic carbocycles. The van der Waals surface area contributed by atoms with E-state index in [0.717, 1.165) is 35.3 Å². The number of aromatic nitrogens is 5. The van der Waals surface area contributed by atoms with Crippen molar-refractivity contribution < 1.29 is 4.79 Å². The minimum Gasteiger partial charge on any atom is -0.344 e. The van der Waals surface area contributed by atoms with Crippen molar-refractivity contribution >= 4 is 17.1 Å². The molecule has 0 saturated carbocycles. The molecule has 1 saturated heterocycles. The van der Waals surface area contributed by atoms with Crippen LogP contribution in [0.1, 0.15) is 30.0 Å². The summed E-state index contributed by atoms with van der Waals surface area (Å²) < 4.78 is 1.79. The molecule has 3 aromatic rings. The quantitative estimate of drug-likeness (QED) is 0.723. The predicted molar refractivity (Wildman–Crippen MR) is 97.0 cm³/mol. The molecule has 2 N–H and O–H groups in total. The van der Waals surface area contributed by atoms with Gasteiger partial charge in [-0.15, -0.1) is 0 Å². The van der Waals surface area contributed by atoms with Gasteiger partial charge in [-0.3, -0.25) is 14.5 Å². The minimum absolute atomic E-state index is 0.0558. The van der Waals surface area contributed by atoms with Crippen molar-refractivity contribution in [1.29, 1.82) is 0 Å². The molecule has 0 spiro atoms. The van der Waals surface area contributed by atoms with Crippen LogP contribution in [0.5, 0.6) is 0 Å². The molecular formula is C18H23N7O. The van der Waals surface area contributed by atoms with E-state index in [4.69, 9.17) is 0 Å². The lowest BCUT2D eigenvalue weighted by atomic mass is 9.85. The molecule has 8 nitrogen and oxygen atoms in total. The number of fused-ring (bicyclic) bond motifs is 1. The fraction of sp³-hybridized carbons (Fsp3) is 0.444. The van der Waals surface area contributed by atoms with Crippen LogP contribution in [-0.4, -0.2) is 49.1 Å². The average molecular weight is 353 g/mol. The monoisotopic (exact) mass is 353 g/mol. The fourth-order valence-corrected chi connectivity index (χ4v) is 3.85. The Morgan fingerprint density at radius 3 is 2.96 bits per heavy atom. The standard InChI is InChI=1S/C18H23N7O/c1-24-11-14(10-23-24)17-12(3-4-15(26)25(17)2)7-19-8-13-9-22-18-16(13)20-5-6-21-18/h5-6,9-12,17,19H,3-4,7-8H2,1-2H3,(H,21,22)/t12-,17+/m1/s1. The van der Waals surface area contributed by atoms with Crippen molar-refractivity contribution in [3.05, 3.63) is 42.1 Å². The van der Waals surface area contributed by atoms with Crippen LogP contribution >= 0.6 is 0 Å². The molecule has 0 bridgehead atoms. The molecule has 8 heteroatoms. The maximum atomic E-state index is 12.2. The van der Waals surface area contributed by atoms with Gasteiger partial charge in [-0.25, -0.2) is 4.98 Å². The van der Waals surface area contributed by atoms with Crippen molar-refractivity contribution in [2.75, 3.05) is 13.6 Å². The second-order valence-corrected chi connectivity index (χ2v) is 6.89. The Hall–Kier alpha value is -2.74. The summed E-state index contributed by atoms with van der Waals surface area (Å²) in [6.07, 6.45) is 10.7. The maximum Gasteiger partial charge on any atom is 0.222 e. The van der Waals surface area contributed by atoms with Crippen molar-refractivity contribution in [3.63, 3.8) is 0 Å². The number of hydrogen-bond donors (Lipinski definition) is 2. The normalized spacial score (nSPS) is 20.8. The van der Waals surface area contributed by atoms with E-state index in [1.807, 2.05) is 37.6 Å². The zero-order valence-electron chi connectivity index (χ0n) is 15.0. The van der Waals surface area contributed by atoms with Crippen LogP contribution < -0.4 is 5.32 Å². The highest BCUT2D eigenvalue weighted by atomic mass is 16.2. The topological polar surface area (TPSA) is 91.7 Å². The van der Waals surface area contributed by atoms with E-state index in [1.165, 1.54) is 0 Å². The van der Waals surface area contributed by atoms with Crippen molar-refractivity contribution in [3.8, 4) is 0 Å². The maximum absolute atomic E-state index is 12.2. The van der Waals surface area contributed by atoms with Crippen LogP contribution in [0.4, 0.5) is 0 Å². The number of aryl methyl sites for hydroxylation is 1. The lowest BCUT2D eigenvalue weighted by Gasteiger charge is -2.38. The van der Waals surface area contributed by atoms with Gasteiger partial charge in [0, 0.05) is 69.5 Å². The Morgan fingerprint density at radius 2 is 2.15 bits per heavy atom. The molecule has 0 aromatic carbocycles. The van der Waals surface area contributed by atoms with Gasteiger partial charge in [0.25, 0.3) is 0 Å². The first-order valence-corrected chi connectivity index (χ1v) is 8.85. The molecule has 4 rings (SSSR count). The van der Waals surface area contributed by atoms with Crippen LogP contribution in [0.2, 0.25) is 0 Å². The number of likely N-dealkylation sites (tertiary alicyclic amines) is 1. The number of piperidine rings is 1. The summed E-state index contributed by atoms with van der Waals surface area (Å²) in [5, 5.41) is 7.82. The van der Waals surface area contributed by atoms with E-state index < -0.39 is 0 Å². The largest absolute Gasteiger partial charge is 0.344 e. The van der Waals surface area contributed by atoms with E-state index in [9.17, 15) is 4.79 Å². The first-order valence-electron chi connectivity index (χ1n) is 8.85. The van der Waals surface area contributed by atoms with Crippen LogP contribution in [0.15, 0.2) is 31.0 Å². The van der Waals surface area contributed by atoms with E-state index in [1.54, 1.807) is 17.1 Å². The molecule has 2 atom stereocenters. The Morgan fingerprint density at radius 1 is 1.31 bits per heavy atom. The number of carbonyl (C=O) groups is 1. The van der Waals surface area contributed by atoms with Crippen molar-refractivity contribution in [1.82, 2.24) is 34.9 Å². The van der Waals surface area contributed by atoms with Crippen molar-refractivity contribution in [2.45, 2.75) is 25.4 Å². The minimum atomic E-state index is 0.0558. The average Bonchev–Trinajstić information content (AvgIpc) is 3.25. The highest BCUT2D eigenvalue weighted by Gasteiger charge is 2.35. The lowest BCUT2D eigenvalue weighted by molar-refractivity contribution is -0.137. The fourth-order valence-electron chi connectivity index (χ4n) is 3.85. The molecule has 26 heavy (non-hydrogen) atoms. The first kappa shape index (κ1) is 16.7. The number of nitrogens with zero attached hydrogens (tertiary/aromatic N) is 5. The van der Waals surface area contributed by atoms with Crippen molar-refractivity contribution in [2.24, 2.45) is 13.0 Å². The number of hydrogen-bond acceptors (Lipinski definition) is 5. The van der Waals surface area contributed by atoms with E-state index in [0.29, 0.717) is 18.9 Å². The van der Waals surface area contributed by atoms with Gasteiger partial charge in [0.1, 0.15) is 5.52 Å². The van der Waals surface area contributed by atoms with Gasteiger partial charge in [-0.2, -0.15) is 5.10 Å². The Labute approximate surface area is 151 Å². The first-order chi connectivity index (χ1) is 12.6. The number of carbonyl (C=O) groups excluding carboxylic acids is 1. The van der Waals surface area contributed by atoms with Gasteiger partial charge in [-0.1, -0.05) is 0 Å². The van der Waals surface area contributed by atoms with E-state index >= 15 is 0 Å². The number of amides is 1. The molecule has 1 aliphatic rings. The zero-order chi connectivity index (χ0) is 18.1. The molecule has 0 unspecified atom stereocenters.